The molecule has 45 heavy (non-hydrogen) atoms. The molecule has 2 heterocycles. The van der Waals surface area contributed by atoms with E-state index in [2.05, 4.69) is 156 Å². The van der Waals surface area contributed by atoms with Gasteiger partial charge in [-0.1, -0.05) is 127 Å². The second-order valence-electron chi connectivity index (χ2n) is 12.4. The van der Waals surface area contributed by atoms with Crippen LogP contribution in [0.3, 0.4) is 0 Å². The average Bonchev–Trinajstić information content (AvgIpc) is 3.71. The average molecular weight is 572 g/mol. The highest BCUT2D eigenvalue weighted by molar-refractivity contribution is 6.15. The lowest BCUT2D eigenvalue weighted by Crippen LogP contribution is -2.27. The van der Waals surface area contributed by atoms with Crippen LogP contribution in [0.15, 0.2) is 152 Å². The fourth-order valence-corrected chi connectivity index (χ4v) is 8.71. The summed E-state index contributed by atoms with van der Waals surface area (Å²) in [5.74, 6) is 0.940. The number of rotatable bonds is 1. The zero-order chi connectivity index (χ0) is 29.3. The van der Waals surface area contributed by atoms with Crippen molar-refractivity contribution < 1.29 is 4.84 Å². The van der Waals surface area contributed by atoms with Crippen molar-refractivity contribution >= 4 is 21.8 Å². The smallest absolute Gasteiger partial charge is 0.169 e. The van der Waals surface area contributed by atoms with Crippen molar-refractivity contribution in [3.8, 4) is 50.3 Å². The van der Waals surface area contributed by atoms with Crippen LogP contribution in [0.2, 0.25) is 0 Å². The summed E-state index contributed by atoms with van der Waals surface area (Å²) < 4.78 is 2.10. The maximum atomic E-state index is 7.26. The van der Waals surface area contributed by atoms with Gasteiger partial charge in [-0.15, -0.1) is 0 Å². The second kappa shape index (κ2) is 8.19. The minimum atomic E-state index is -0.485. The van der Waals surface area contributed by atoms with E-state index < -0.39 is 5.41 Å². The molecule has 0 amide bonds. The predicted octanol–water partition coefficient (Wildman–Crippen LogP) is 10.6. The third kappa shape index (κ3) is 2.73. The fraction of sp³-hybridized carbons (Fsp3) is 0.0233. The third-order valence-corrected chi connectivity index (χ3v) is 10.4. The molecule has 2 aliphatic carbocycles. The molecule has 7 aromatic carbocycles. The van der Waals surface area contributed by atoms with Gasteiger partial charge < -0.3 is 4.84 Å². The highest BCUT2D eigenvalue weighted by atomic mass is 16.7. The van der Waals surface area contributed by atoms with Gasteiger partial charge in [0.2, 0.25) is 0 Å². The summed E-state index contributed by atoms with van der Waals surface area (Å²) in [5, 5.41) is 2.41. The van der Waals surface area contributed by atoms with Crippen LogP contribution in [0.1, 0.15) is 22.3 Å². The lowest BCUT2D eigenvalue weighted by Gasteiger charge is -2.33. The molecule has 0 saturated heterocycles. The van der Waals surface area contributed by atoms with Gasteiger partial charge in [-0.25, -0.2) is 0 Å². The molecule has 0 unspecified atom stereocenters. The zero-order valence-corrected chi connectivity index (χ0v) is 24.3. The van der Waals surface area contributed by atoms with Gasteiger partial charge in [0, 0.05) is 27.5 Å². The molecule has 0 radical (unpaired) electrons. The molecule has 0 N–H and O–H groups in total. The van der Waals surface area contributed by atoms with E-state index >= 15 is 0 Å². The molecule has 1 aliphatic heterocycles. The van der Waals surface area contributed by atoms with Crippen molar-refractivity contribution in [2.45, 2.75) is 5.41 Å². The Morgan fingerprint density at radius 3 is 1.71 bits per heavy atom. The minimum absolute atomic E-state index is 0.485. The van der Waals surface area contributed by atoms with E-state index in [-0.39, 0.29) is 0 Å². The summed E-state index contributed by atoms with van der Waals surface area (Å²) in [5.41, 5.74) is 16.8. The molecule has 11 rings (SSSR count). The lowest BCUT2D eigenvalue weighted by atomic mass is 9.69. The van der Waals surface area contributed by atoms with Gasteiger partial charge in [0.1, 0.15) is 0 Å². The number of nitrogens with zero attached hydrogens (tertiary/aromatic N) is 1. The van der Waals surface area contributed by atoms with Crippen LogP contribution in [-0.2, 0) is 5.41 Å². The molecule has 1 spiro atoms. The number of hydrogen-bond acceptors (Lipinski definition) is 1. The summed E-state index contributed by atoms with van der Waals surface area (Å²) in [6.45, 7) is 0. The van der Waals surface area contributed by atoms with Crippen LogP contribution >= 0.6 is 0 Å². The Bertz CT molecular complexity index is 2510. The molecular formula is C43H25NO. The van der Waals surface area contributed by atoms with Gasteiger partial charge in [0.05, 0.1) is 16.4 Å². The molecule has 0 atom stereocenters. The van der Waals surface area contributed by atoms with E-state index in [1.165, 1.54) is 72.0 Å². The van der Waals surface area contributed by atoms with Crippen molar-refractivity contribution in [3.63, 3.8) is 0 Å². The molecule has 0 saturated carbocycles. The first-order valence-electron chi connectivity index (χ1n) is 15.6. The van der Waals surface area contributed by atoms with Gasteiger partial charge in [-0.3, -0.25) is 0 Å². The van der Waals surface area contributed by atoms with Crippen LogP contribution in [0.5, 0.6) is 5.75 Å². The van der Waals surface area contributed by atoms with Crippen LogP contribution < -0.4 is 4.84 Å². The summed E-state index contributed by atoms with van der Waals surface area (Å²) in [4.78, 5) is 7.26. The number of hydrogen-bond donors (Lipinski definition) is 0. The van der Waals surface area contributed by atoms with Crippen LogP contribution in [0.25, 0.3) is 66.3 Å². The number of para-hydroxylation sites is 1. The quantitative estimate of drug-likeness (QED) is 0.191. The van der Waals surface area contributed by atoms with Crippen LogP contribution in [0, 0.1) is 0 Å². The Morgan fingerprint density at radius 1 is 0.422 bits per heavy atom. The van der Waals surface area contributed by atoms with Gasteiger partial charge in [-0.2, -0.15) is 4.73 Å². The minimum Gasteiger partial charge on any atom is -0.374 e. The number of fused-ring (bicyclic) bond motifs is 16. The molecule has 8 aromatic rings. The first kappa shape index (κ1) is 23.6. The summed E-state index contributed by atoms with van der Waals surface area (Å²) >= 11 is 0. The van der Waals surface area contributed by atoms with Gasteiger partial charge in [0.25, 0.3) is 0 Å². The van der Waals surface area contributed by atoms with Crippen LogP contribution in [0.4, 0.5) is 0 Å². The second-order valence-corrected chi connectivity index (χ2v) is 12.4. The molecule has 3 aliphatic rings. The van der Waals surface area contributed by atoms with Crippen molar-refractivity contribution in [1.29, 1.82) is 0 Å². The van der Waals surface area contributed by atoms with E-state index in [1.54, 1.807) is 0 Å². The zero-order valence-electron chi connectivity index (χ0n) is 24.3. The lowest BCUT2D eigenvalue weighted by molar-refractivity contribution is 0.236. The highest BCUT2D eigenvalue weighted by Gasteiger charge is 2.54. The van der Waals surface area contributed by atoms with Crippen molar-refractivity contribution in [1.82, 2.24) is 4.73 Å². The van der Waals surface area contributed by atoms with Crippen molar-refractivity contribution in [3.05, 3.63) is 174 Å². The number of aromatic nitrogens is 1. The maximum absolute atomic E-state index is 7.26. The largest absolute Gasteiger partial charge is 0.374 e. The molecular weight excluding hydrogens is 546 g/mol. The van der Waals surface area contributed by atoms with Crippen molar-refractivity contribution in [2.75, 3.05) is 0 Å². The normalized spacial score (nSPS) is 14.1. The topological polar surface area (TPSA) is 14.2 Å². The van der Waals surface area contributed by atoms with E-state index in [0.29, 0.717) is 0 Å². The molecule has 0 fully saturated rings. The van der Waals surface area contributed by atoms with Gasteiger partial charge >= 0.3 is 0 Å². The Balaban J connectivity index is 1.31. The van der Waals surface area contributed by atoms with Gasteiger partial charge in [0.15, 0.2) is 5.75 Å². The predicted molar refractivity (Wildman–Crippen MR) is 183 cm³/mol. The Kier molecular flexibility index (Phi) is 4.29. The third-order valence-electron chi connectivity index (χ3n) is 10.4. The van der Waals surface area contributed by atoms with Crippen molar-refractivity contribution in [2.24, 2.45) is 0 Å². The standard InChI is InChI=1S/C43H25NO/c1-2-12-26(13-3-1)27-24-34-31-17-7-11-21-39(31)44-41(34)35(25-27)33-23-22-32-30-16-6-10-20-38(30)43(40(32)42(33)45-44)36-18-8-4-14-28(36)29-15-5-9-19-37(29)43/h1-25H. The molecule has 2 nitrogen and oxygen atoms in total. The molecule has 1 aromatic heterocycles. The van der Waals surface area contributed by atoms with E-state index in [4.69, 9.17) is 4.84 Å². The monoisotopic (exact) mass is 571 g/mol. The summed E-state index contributed by atoms with van der Waals surface area (Å²) in [7, 11) is 0. The van der Waals surface area contributed by atoms with Gasteiger partial charge in [-0.05, 0) is 74.3 Å². The first-order valence-corrected chi connectivity index (χ1v) is 15.6. The van der Waals surface area contributed by atoms with Crippen LogP contribution in [-0.4, -0.2) is 4.73 Å². The fourth-order valence-electron chi connectivity index (χ4n) is 8.71. The van der Waals surface area contributed by atoms with E-state index in [9.17, 15) is 0 Å². The molecule has 208 valence electrons. The first-order chi connectivity index (χ1) is 22.3. The number of benzene rings is 7. The summed E-state index contributed by atoms with van der Waals surface area (Å²) in [6.07, 6.45) is 0. The highest BCUT2D eigenvalue weighted by Crippen LogP contribution is 2.66. The SMILES string of the molecule is c1ccc(-c2cc3c4c(c2)c2ccccc2n4Oc2c-3ccc3c2C2(c4ccccc4-c4ccccc42)c2ccccc2-3)cc1. The maximum Gasteiger partial charge on any atom is 0.169 e. The van der Waals surface area contributed by atoms with E-state index in [1.807, 2.05) is 0 Å². The van der Waals surface area contributed by atoms with E-state index in [0.717, 1.165) is 22.3 Å². The summed E-state index contributed by atoms with van der Waals surface area (Å²) in [6, 6.07) is 55.6. The molecule has 2 heteroatoms. The Labute approximate surface area is 260 Å². The Morgan fingerprint density at radius 2 is 1.00 bits per heavy atom. The Hall–Kier alpha value is -5.86. The molecule has 0 bridgehead atoms.